The van der Waals surface area contributed by atoms with Crippen molar-refractivity contribution in [2.45, 2.75) is 38.6 Å². The zero-order valence-electron chi connectivity index (χ0n) is 17.7. The van der Waals surface area contributed by atoms with Gasteiger partial charge in [0.15, 0.2) is 0 Å². The van der Waals surface area contributed by atoms with Crippen LogP contribution < -0.4 is 0 Å². The first-order valence-electron chi connectivity index (χ1n) is 11.3. The summed E-state index contributed by atoms with van der Waals surface area (Å²) < 4.78 is 0. The number of piperazine rings is 1. The summed E-state index contributed by atoms with van der Waals surface area (Å²) in [4.78, 5) is 45.0. The number of hydrogen-bond donors (Lipinski definition) is 0. The normalized spacial score (nSPS) is 20.7. The third-order valence-electron chi connectivity index (χ3n) is 6.47. The van der Waals surface area contributed by atoms with Gasteiger partial charge < -0.3 is 14.7 Å². The molecular weight excluding hydrogens is 380 g/mol. The summed E-state index contributed by atoms with van der Waals surface area (Å²) in [6, 6.07) is 7.63. The third-order valence-corrected chi connectivity index (χ3v) is 6.47. The number of nitrogens with zero attached hydrogens (tertiary/aromatic N) is 4. The smallest absolute Gasteiger partial charge is 0.253 e. The Kier molecular flexibility index (Phi) is 6.67. The van der Waals surface area contributed by atoms with E-state index in [-0.39, 0.29) is 17.7 Å². The van der Waals surface area contributed by atoms with Crippen molar-refractivity contribution in [1.82, 2.24) is 19.6 Å². The van der Waals surface area contributed by atoms with Crippen molar-refractivity contribution in [3.63, 3.8) is 0 Å². The van der Waals surface area contributed by atoms with E-state index in [1.165, 1.54) is 6.42 Å². The van der Waals surface area contributed by atoms with Crippen LogP contribution in [0.1, 0.15) is 48.0 Å². The molecule has 4 rings (SSSR count). The van der Waals surface area contributed by atoms with Crippen molar-refractivity contribution in [3.05, 3.63) is 35.4 Å². The van der Waals surface area contributed by atoms with Crippen LogP contribution in [0.4, 0.5) is 0 Å². The second kappa shape index (κ2) is 9.60. The monoisotopic (exact) mass is 412 g/mol. The van der Waals surface area contributed by atoms with Crippen LogP contribution in [-0.4, -0.2) is 89.7 Å². The minimum absolute atomic E-state index is 0.0424. The van der Waals surface area contributed by atoms with Crippen LogP contribution >= 0.6 is 0 Å². The summed E-state index contributed by atoms with van der Waals surface area (Å²) in [6.07, 6.45) is 5.03. The number of rotatable bonds is 5. The number of amides is 3. The van der Waals surface area contributed by atoms with Gasteiger partial charge in [-0.1, -0.05) is 12.1 Å². The van der Waals surface area contributed by atoms with Crippen LogP contribution in [0.3, 0.4) is 0 Å². The quantitative estimate of drug-likeness (QED) is 0.737. The van der Waals surface area contributed by atoms with Gasteiger partial charge in [-0.05, 0) is 43.4 Å². The molecule has 0 aliphatic carbocycles. The van der Waals surface area contributed by atoms with E-state index >= 15 is 0 Å². The molecule has 3 fully saturated rings. The molecule has 3 heterocycles. The van der Waals surface area contributed by atoms with E-state index in [9.17, 15) is 14.4 Å². The van der Waals surface area contributed by atoms with Crippen LogP contribution in [0.25, 0.3) is 0 Å². The number of benzene rings is 1. The van der Waals surface area contributed by atoms with Crippen molar-refractivity contribution in [2.75, 3.05) is 52.4 Å². The zero-order valence-corrected chi connectivity index (χ0v) is 17.7. The Morgan fingerprint density at radius 1 is 0.767 bits per heavy atom. The van der Waals surface area contributed by atoms with Gasteiger partial charge in [-0.2, -0.15) is 0 Å². The first-order chi connectivity index (χ1) is 14.6. The molecule has 0 atom stereocenters. The maximum absolute atomic E-state index is 12.9. The van der Waals surface area contributed by atoms with E-state index in [4.69, 9.17) is 0 Å². The van der Waals surface area contributed by atoms with Gasteiger partial charge in [-0.15, -0.1) is 0 Å². The molecular formula is C23H32N4O3. The predicted octanol–water partition coefficient (Wildman–Crippen LogP) is 1.58. The molecule has 0 N–H and O–H groups in total. The number of piperidine rings is 1. The molecule has 3 aliphatic heterocycles. The number of hydrogen-bond acceptors (Lipinski definition) is 4. The van der Waals surface area contributed by atoms with Gasteiger partial charge >= 0.3 is 0 Å². The largest absolute Gasteiger partial charge is 0.342 e. The second-order valence-corrected chi connectivity index (χ2v) is 8.63. The van der Waals surface area contributed by atoms with Crippen molar-refractivity contribution >= 4 is 17.7 Å². The van der Waals surface area contributed by atoms with Crippen molar-refractivity contribution in [2.24, 2.45) is 0 Å². The minimum Gasteiger partial charge on any atom is -0.342 e. The summed E-state index contributed by atoms with van der Waals surface area (Å²) in [7, 11) is 0. The Morgan fingerprint density at radius 3 is 2.10 bits per heavy atom. The average Bonchev–Trinajstić information content (AvgIpc) is 3.19. The molecule has 162 valence electrons. The molecule has 30 heavy (non-hydrogen) atoms. The zero-order chi connectivity index (χ0) is 20.9. The van der Waals surface area contributed by atoms with Gasteiger partial charge in [-0.25, -0.2) is 0 Å². The molecule has 1 aromatic rings. The molecule has 0 radical (unpaired) electrons. The van der Waals surface area contributed by atoms with Gasteiger partial charge in [0.2, 0.25) is 11.8 Å². The Hall–Kier alpha value is -2.41. The highest BCUT2D eigenvalue weighted by Crippen LogP contribution is 2.16. The van der Waals surface area contributed by atoms with Crippen LogP contribution in [-0.2, 0) is 16.1 Å². The Bertz CT molecular complexity index is 765. The highest BCUT2D eigenvalue weighted by molar-refractivity contribution is 5.94. The van der Waals surface area contributed by atoms with E-state index in [2.05, 4.69) is 4.90 Å². The minimum atomic E-state index is 0.0424. The Labute approximate surface area is 178 Å². The molecule has 0 unspecified atom stereocenters. The fourth-order valence-electron chi connectivity index (χ4n) is 4.57. The van der Waals surface area contributed by atoms with Gasteiger partial charge in [0.25, 0.3) is 5.91 Å². The van der Waals surface area contributed by atoms with Crippen LogP contribution in [0, 0.1) is 0 Å². The predicted molar refractivity (Wildman–Crippen MR) is 114 cm³/mol. The van der Waals surface area contributed by atoms with Crippen molar-refractivity contribution in [3.8, 4) is 0 Å². The summed E-state index contributed by atoms with van der Waals surface area (Å²) in [6.45, 7) is 6.46. The summed E-state index contributed by atoms with van der Waals surface area (Å²) >= 11 is 0. The topological polar surface area (TPSA) is 64.2 Å². The Morgan fingerprint density at radius 2 is 1.47 bits per heavy atom. The summed E-state index contributed by atoms with van der Waals surface area (Å²) in [5.41, 5.74) is 1.74. The number of likely N-dealkylation sites (tertiary alicyclic amines) is 2. The van der Waals surface area contributed by atoms with Crippen LogP contribution in [0.5, 0.6) is 0 Å². The lowest BCUT2D eigenvalue weighted by Crippen LogP contribution is -2.52. The molecule has 3 saturated heterocycles. The van der Waals surface area contributed by atoms with Crippen LogP contribution in [0.15, 0.2) is 24.3 Å². The highest BCUT2D eigenvalue weighted by Gasteiger charge is 2.25. The lowest BCUT2D eigenvalue weighted by Gasteiger charge is -2.36. The maximum Gasteiger partial charge on any atom is 0.253 e. The standard InChI is InChI=1S/C23H32N4O3/c28-21-5-4-12-27(21)17-19-6-8-20(9-7-19)23(30)26-15-13-24(14-16-26)18-22(29)25-10-2-1-3-11-25/h6-9H,1-5,10-18H2. The Balaban J connectivity index is 1.24. The van der Waals surface area contributed by atoms with E-state index in [0.29, 0.717) is 38.2 Å². The maximum atomic E-state index is 12.9. The summed E-state index contributed by atoms with van der Waals surface area (Å²) in [5.74, 6) is 0.481. The molecule has 3 aliphatic rings. The highest BCUT2D eigenvalue weighted by atomic mass is 16.2. The van der Waals surface area contributed by atoms with E-state index in [1.807, 2.05) is 39.0 Å². The third kappa shape index (κ3) is 5.01. The molecule has 7 heteroatoms. The van der Waals surface area contributed by atoms with Gasteiger partial charge in [0.1, 0.15) is 0 Å². The first-order valence-corrected chi connectivity index (χ1v) is 11.3. The molecule has 0 bridgehead atoms. The number of carbonyl (C=O) groups excluding carboxylic acids is 3. The molecule has 0 saturated carbocycles. The summed E-state index contributed by atoms with van der Waals surface area (Å²) in [5, 5.41) is 0. The average molecular weight is 413 g/mol. The fourth-order valence-corrected chi connectivity index (χ4v) is 4.57. The van der Waals surface area contributed by atoms with Crippen molar-refractivity contribution < 1.29 is 14.4 Å². The van der Waals surface area contributed by atoms with Gasteiger partial charge in [0.05, 0.1) is 6.54 Å². The van der Waals surface area contributed by atoms with Gasteiger partial charge in [-0.3, -0.25) is 19.3 Å². The molecule has 7 nitrogen and oxygen atoms in total. The molecule has 0 spiro atoms. The van der Waals surface area contributed by atoms with E-state index < -0.39 is 0 Å². The fraction of sp³-hybridized carbons (Fsp3) is 0.609. The lowest BCUT2D eigenvalue weighted by atomic mass is 10.1. The molecule has 0 aromatic heterocycles. The van der Waals surface area contributed by atoms with E-state index in [0.717, 1.165) is 57.5 Å². The lowest BCUT2D eigenvalue weighted by molar-refractivity contribution is -0.133. The number of carbonyl (C=O) groups is 3. The molecule has 3 amide bonds. The second-order valence-electron chi connectivity index (χ2n) is 8.63. The van der Waals surface area contributed by atoms with Crippen LogP contribution in [0.2, 0.25) is 0 Å². The first kappa shape index (κ1) is 20.8. The SMILES string of the molecule is O=C(CN1CCN(C(=O)c2ccc(CN3CCCC3=O)cc2)CC1)N1CCCCC1. The van der Waals surface area contributed by atoms with Crippen molar-refractivity contribution in [1.29, 1.82) is 0 Å². The van der Waals surface area contributed by atoms with Gasteiger partial charge in [0, 0.05) is 64.3 Å². The van der Waals surface area contributed by atoms with E-state index in [1.54, 1.807) is 0 Å². The molecule has 1 aromatic carbocycles.